The molecule has 0 aromatic heterocycles. The second-order valence-corrected chi connectivity index (χ2v) is 7.16. The van der Waals surface area contributed by atoms with Crippen LogP contribution in [0, 0.1) is 17.8 Å². The zero-order valence-corrected chi connectivity index (χ0v) is 16.0. The Morgan fingerprint density at radius 3 is 1.92 bits per heavy atom. The maximum absolute atomic E-state index is 12.6. The first-order valence-electron chi connectivity index (χ1n) is 8.99. The molecule has 0 fully saturated rings. The molecule has 0 rings (SSSR count). The van der Waals surface area contributed by atoms with E-state index in [1.807, 2.05) is 41.5 Å². The number of carbonyl (C=O) groups excluding carboxylic acids is 3. The number of hydrogen-bond acceptors (Lipinski definition) is 4. The fourth-order valence-corrected chi connectivity index (χ4v) is 2.39. The fraction of sp³-hybridized carbons (Fsp3) is 0.833. The molecule has 2 amide bonds. The predicted octanol–water partition coefficient (Wildman–Crippen LogP) is 1.62. The molecule has 24 heavy (non-hydrogen) atoms. The van der Waals surface area contributed by atoms with E-state index in [9.17, 15) is 14.4 Å². The summed E-state index contributed by atoms with van der Waals surface area (Å²) in [6.07, 6.45) is 2.84. The summed E-state index contributed by atoms with van der Waals surface area (Å²) in [5.41, 5.74) is 5.95. The summed E-state index contributed by atoms with van der Waals surface area (Å²) >= 11 is 0. The van der Waals surface area contributed by atoms with Crippen LogP contribution in [0.3, 0.4) is 0 Å². The molecule has 0 aliphatic rings. The Hall–Kier alpha value is -1.43. The highest BCUT2D eigenvalue weighted by Crippen LogP contribution is 2.12. The van der Waals surface area contributed by atoms with Gasteiger partial charge in [-0.3, -0.25) is 9.59 Å². The third-order valence-corrected chi connectivity index (χ3v) is 4.57. The molecule has 0 radical (unpaired) electrons. The molecule has 0 aliphatic heterocycles. The quantitative estimate of drug-likeness (QED) is 0.497. The van der Waals surface area contributed by atoms with Gasteiger partial charge in [-0.2, -0.15) is 0 Å². The summed E-state index contributed by atoms with van der Waals surface area (Å²) in [6, 6.07) is -1.87. The van der Waals surface area contributed by atoms with Crippen LogP contribution < -0.4 is 16.4 Å². The lowest BCUT2D eigenvalue weighted by Crippen LogP contribution is -2.56. The fourth-order valence-electron chi connectivity index (χ4n) is 2.39. The van der Waals surface area contributed by atoms with Crippen LogP contribution in [0.2, 0.25) is 0 Å². The largest absolute Gasteiger partial charge is 0.345 e. The number of amides is 2. The molecule has 6 heteroatoms. The molecule has 6 nitrogen and oxygen atoms in total. The van der Waals surface area contributed by atoms with Gasteiger partial charge in [0.25, 0.3) is 0 Å². The van der Waals surface area contributed by atoms with Crippen molar-refractivity contribution in [2.45, 2.75) is 78.9 Å². The van der Waals surface area contributed by atoms with Crippen molar-refractivity contribution >= 4 is 18.1 Å². The topological polar surface area (TPSA) is 101 Å². The lowest BCUT2D eigenvalue weighted by molar-refractivity contribution is -0.132. The summed E-state index contributed by atoms with van der Waals surface area (Å²) in [4.78, 5) is 36.1. The first kappa shape index (κ1) is 22.6. The van der Waals surface area contributed by atoms with Crippen LogP contribution in [-0.4, -0.2) is 36.2 Å². The van der Waals surface area contributed by atoms with Gasteiger partial charge in [-0.25, -0.2) is 0 Å². The van der Waals surface area contributed by atoms with Gasteiger partial charge in [0.1, 0.15) is 12.3 Å². The summed E-state index contributed by atoms with van der Waals surface area (Å²) in [5.74, 6) is -0.377. The van der Waals surface area contributed by atoms with Gasteiger partial charge in [-0.15, -0.1) is 0 Å². The highest BCUT2D eigenvalue weighted by molar-refractivity contribution is 5.91. The standard InChI is InChI=1S/C18H35N3O3/c1-7-12(5)15(19)17(23)21-16(13(6)8-2)18(24)20-14(10-22)9-11(3)4/h10-16H,7-9,19H2,1-6H3,(H,20,24)(H,21,23)/t12-,13-,14-,15-,16-/m0/s1. The molecular weight excluding hydrogens is 306 g/mol. The SMILES string of the molecule is CC[C@H](C)[C@H](N)C(=O)N[C@H](C(=O)N[C@H](C=O)CC(C)C)[C@@H](C)CC. The number of rotatable bonds is 11. The van der Waals surface area contributed by atoms with E-state index < -0.39 is 18.1 Å². The van der Waals surface area contributed by atoms with Crippen LogP contribution in [0.15, 0.2) is 0 Å². The van der Waals surface area contributed by atoms with Crippen LogP contribution in [0.25, 0.3) is 0 Å². The number of hydrogen-bond donors (Lipinski definition) is 3. The molecule has 0 saturated heterocycles. The smallest absolute Gasteiger partial charge is 0.243 e. The molecule has 140 valence electrons. The van der Waals surface area contributed by atoms with Crippen molar-refractivity contribution in [3.05, 3.63) is 0 Å². The average Bonchev–Trinajstić information content (AvgIpc) is 2.55. The molecule has 0 aromatic carbocycles. The molecule has 0 heterocycles. The molecule has 4 N–H and O–H groups in total. The maximum Gasteiger partial charge on any atom is 0.243 e. The van der Waals surface area contributed by atoms with Crippen molar-refractivity contribution in [3.8, 4) is 0 Å². The van der Waals surface area contributed by atoms with Gasteiger partial charge in [0.2, 0.25) is 11.8 Å². The van der Waals surface area contributed by atoms with E-state index in [1.165, 1.54) is 0 Å². The van der Waals surface area contributed by atoms with Gasteiger partial charge in [-0.1, -0.05) is 54.4 Å². The first-order chi connectivity index (χ1) is 11.2. The van der Waals surface area contributed by atoms with Gasteiger partial charge in [0.05, 0.1) is 12.1 Å². The van der Waals surface area contributed by atoms with E-state index in [-0.39, 0.29) is 29.6 Å². The van der Waals surface area contributed by atoms with Gasteiger partial charge >= 0.3 is 0 Å². The first-order valence-corrected chi connectivity index (χ1v) is 8.99. The maximum atomic E-state index is 12.6. The zero-order chi connectivity index (χ0) is 18.9. The van der Waals surface area contributed by atoms with Crippen molar-refractivity contribution in [1.82, 2.24) is 10.6 Å². The van der Waals surface area contributed by atoms with E-state index in [1.54, 1.807) is 0 Å². The van der Waals surface area contributed by atoms with Gasteiger partial charge in [-0.05, 0) is 24.2 Å². The summed E-state index contributed by atoms with van der Waals surface area (Å²) in [6.45, 7) is 11.7. The number of nitrogens with two attached hydrogens (primary N) is 1. The highest BCUT2D eigenvalue weighted by Gasteiger charge is 2.30. The third kappa shape index (κ3) is 7.43. The highest BCUT2D eigenvalue weighted by atomic mass is 16.2. The Kier molecular flexibility index (Phi) is 10.5. The molecule has 5 atom stereocenters. The molecule has 0 unspecified atom stereocenters. The Morgan fingerprint density at radius 1 is 0.958 bits per heavy atom. The average molecular weight is 341 g/mol. The van der Waals surface area contributed by atoms with Crippen molar-refractivity contribution in [3.63, 3.8) is 0 Å². The van der Waals surface area contributed by atoms with E-state index in [2.05, 4.69) is 10.6 Å². The Labute approximate surface area is 146 Å². The minimum absolute atomic E-state index is 0.0364. The molecule has 0 aliphatic carbocycles. The molecule has 0 saturated carbocycles. The number of nitrogens with one attached hydrogen (secondary N) is 2. The summed E-state index contributed by atoms with van der Waals surface area (Å²) in [7, 11) is 0. The van der Waals surface area contributed by atoms with Crippen LogP contribution >= 0.6 is 0 Å². The lowest BCUT2D eigenvalue weighted by Gasteiger charge is -2.27. The van der Waals surface area contributed by atoms with E-state index >= 15 is 0 Å². The normalized spacial score (nSPS) is 17.5. The lowest BCUT2D eigenvalue weighted by atomic mass is 9.95. The van der Waals surface area contributed by atoms with Gasteiger partial charge in [0, 0.05) is 0 Å². The van der Waals surface area contributed by atoms with Crippen LogP contribution in [0.4, 0.5) is 0 Å². The van der Waals surface area contributed by atoms with Crippen molar-refractivity contribution in [2.24, 2.45) is 23.5 Å². The van der Waals surface area contributed by atoms with Crippen molar-refractivity contribution in [2.75, 3.05) is 0 Å². The van der Waals surface area contributed by atoms with Gasteiger partial charge in [0.15, 0.2) is 0 Å². The minimum Gasteiger partial charge on any atom is -0.345 e. The van der Waals surface area contributed by atoms with Crippen LogP contribution in [0.1, 0.15) is 60.8 Å². The van der Waals surface area contributed by atoms with Crippen molar-refractivity contribution in [1.29, 1.82) is 0 Å². The minimum atomic E-state index is -0.688. The second kappa shape index (κ2) is 11.2. The van der Waals surface area contributed by atoms with Crippen LogP contribution in [0.5, 0.6) is 0 Å². The zero-order valence-electron chi connectivity index (χ0n) is 16.0. The monoisotopic (exact) mass is 341 g/mol. The Balaban J connectivity index is 5.02. The molecule has 0 aromatic rings. The Bertz CT molecular complexity index is 412. The van der Waals surface area contributed by atoms with Crippen molar-refractivity contribution < 1.29 is 14.4 Å². The molecular formula is C18H35N3O3. The van der Waals surface area contributed by atoms with Gasteiger partial charge < -0.3 is 21.2 Å². The van der Waals surface area contributed by atoms with E-state index in [0.29, 0.717) is 6.42 Å². The van der Waals surface area contributed by atoms with Crippen LogP contribution in [-0.2, 0) is 14.4 Å². The third-order valence-electron chi connectivity index (χ3n) is 4.57. The number of carbonyl (C=O) groups is 3. The molecule has 0 spiro atoms. The summed E-state index contributed by atoms with van der Waals surface area (Å²) in [5, 5.41) is 5.51. The Morgan fingerprint density at radius 2 is 1.50 bits per heavy atom. The summed E-state index contributed by atoms with van der Waals surface area (Å²) < 4.78 is 0. The predicted molar refractivity (Wildman–Crippen MR) is 96.3 cm³/mol. The second-order valence-electron chi connectivity index (χ2n) is 7.16. The molecule has 0 bridgehead atoms. The van der Waals surface area contributed by atoms with E-state index in [0.717, 1.165) is 19.1 Å². The number of aldehydes is 1. The van der Waals surface area contributed by atoms with E-state index in [4.69, 9.17) is 5.73 Å².